The van der Waals surface area contributed by atoms with Crippen molar-refractivity contribution in [2.45, 2.75) is 26.8 Å². The number of ketones is 1. The first-order valence-electron chi connectivity index (χ1n) is 6.46. The van der Waals surface area contributed by atoms with Crippen LogP contribution in [-0.4, -0.2) is 22.9 Å². The van der Waals surface area contributed by atoms with Gasteiger partial charge in [-0.1, -0.05) is 0 Å². The maximum atomic E-state index is 12.0. The second-order valence-corrected chi connectivity index (χ2v) is 4.83. The Morgan fingerprint density at radius 3 is 2.89 bits per heavy atom. The molecule has 2 aromatic rings. The van der Waals surface area contributed by atoms with Crippen LogP contribution in [0.25, 0.3) is 10.9 Å². The first kappa shape index (κ1) is 12.0. The van der Waals surface area contributed by atoms with E-state index in [-0.39, 0.29) is 11.8 Å². The number of hydrogen-bond acceptors (Lipinski definition) is 3. The Morgan fingerprint density at radius 1 is 1.37 bits per heavy atom. The Hall–Kier alpha value is -2.10. The Bertz CT molecular complexity index is 697. The lowest BCUT2D eigenvalue weighted by Gasteiger charge is -2.17. The van der Waals surface area contributed by atoms with Gasteiger partial charge in [0.05, 0.1) is 12.1 Å². The third-order valence-electron chi connectivity index (χ3n) is 3.48. The summed E-state index contributed by atoms with van der Waals surface area (Å²) in [4.78, 5) is 24.0. The molecular weight excluding hydrogens is 242 g/mol. The predicted molar refractivity (Wildman–Crippen MR) is 71.6 cm³/mol. The highest BCUT2D eigenvalue weighted by molar-refractivity contribution is 6.10. The Balaban J connectivity index is 2.29. The van der Waals surface area contributed by atoms with Gasteiger partial charge >= 0.3 is 5.97 Å². The molecule has 1 aromatic heterocycles. The molecule has 1 aromatic carbocycles. The number of aromatic nitrogens is 1. The first-order chi connectivity index (χ1) is 9.11. The highest BCUT2D eigenvalue weighted by Crippen LogP contribution is 2.30. The van der Waals surface area contributed by atoms with E-state index in [1.807, 2.05) is 29.7 Å². The van der Waals surface area contributed by atoms with E-state index in [1.54, 1.807) is 6.92 Å². The molecule has 19 heavy (non-hydrogen) atoms. The molecule has 0 saturated heterocycles. The summed E-state index contributed by atoms with van der Waals surface area (Å²) in [5.41, 5.74) is 3.16. The van der Waals surface area contributed by atoms with E-state index < -0.39 is 0 Å². The lowest BCUT2D eigenvalue weighted by Crippen LogP contribution is -2.19. The Morgan fingerprint density at radius 2 is 2.16 bits per heavy atom. The molecule has 4 heteroatoms. The monoisotopic (exact) mass is 257 g/mol. The van der Waals surface area contributed by atoms with Crippen LogP contribution in [-0.2, 0) is 11.3 Å². The van der Waals surface area contributed by atoms with E-state index in [4.69, 9.17) is 4.74 Å². The Labute approximate surface area is 111 Å². The van der Waals surface area contributed by atoms with Crippen molar-refractivity contribution in [2.24, 2.45) is 0 Å². The second-order valence-electron chi connectivity index (χ2n) is 4.83. The summed E-state index contributed by atoms with van der Waals surface area (Å²) < 4.78 is 6.98. The molecule has 98 valence electrons. The molecule has 0 N–H and O–H groups in total. The van der Waals surface area contributed by atoms with Crippen molar-refractivity contribution in [2.75, 3.05) is 6.61 Å². The van der Waals surface area contributed by atoms with E-state index >= 15 is 0 Å². The van der Waals surface area contributed by atoms with Gasteiger partial charge in [0.2, 0.25) is 0 Å². The summed E-state index contributed by atoms with van der Waals surface area (Å²) in [6, 6.07) is 5.72. The summed E-state index contributed by atoms with van der Waals surface area (Å²) >= 11 is 0. The number of hydrogen-bond donors (Lipinski definition) is 0. The molecule has 0 fully saturated rings. The van der Waals surface area contributed by atoms with Crippen molar-refractivity contribution in [1.29, 1.82) is 0 Å². The fourth-order valence-electron chi connectivity index (χ4n) is 2.73. The van der Waals surface area contributed by atoms with Crippen LogP contribution in [0.3, 0.4) is 0 Å². The first-order valence-corrected chi connectivity index (χ1v) is 6.46. The van der Waals surface area contributed by atoms with Crippen LogP contribution >= 0.6 is 0 Å². The third kappa shape index (κ3) is 1.75. The number of benzene rings is 1. The number of rotatable bonds is 2. The van der Waals surface area contributed by atoms with Gasteiger partial charge in [0, 0.05) is 23.9 Å². The summed E-state index contributed by atoms with van der Waals surface area (Å²) in [6.07, 6.45) is 0.437. The van der Waals surface area contributed by atoms with Gasteiger partial charge in [0.25, 0.3) is 0 Å². The third-order valence-corrected chi connectivity index (χ3v) is 3.48. The number of esters is 1. The van der Waals surface area contributed by atoms with Gasteiger partial charge < -0.3 is 9.30 Å². The van der Waals surface area contributed by atoms with E-state index in [0.29, 0.717) is 25.3 Å². The minimum absolute atomic E-state index is 0.148. The van der Waals surface area contributed by atoms with Gasteiger partial charge in [-0.3, -0.25) is 4.79 Å². The van der Waals surface area contributed by atoms with Crippen LogP contribution in [0, 0.1) is 6.92 Å². The van der Waals surface area contributed by atoms with Gasteiger partial charge in [-0.25, -0.2) is 4.79 Å². The number of Topliss-reactive ketones (excluding diaryl/α,β-unsaturated/α-hetero) is 1. The number of aryl methyl sites for hydroxylation is 2. The molecule has 0 unspecified atom stereocenters. The normalized spacial score (nSPS) is 13.9. The van der Waals surface area contributed by atoms with Gasteiger partial charge in [-0.15, -0.1) is 0 Å². The lowest BCUT2D eigenvalue weighted by atomic mass is 10.00. The van der Waals surface area contributed by atoms with Gasteiger partial charge in [-0.2, -0.15) is 0 Å². The highest BCUT2D eigenvalue weighted by Gasteiger charge is 2.25. The zero-order valence-corrected chi connectivity index (χ0v) is 11.0. The molecule has 0 saturated carbocycles. The SMILES string of the molecule is CCOC(=O)c1cc2cc(C)cc3c2n1CCC3=O. The highest BCUT2D eigenvalue weighted by atomic mass is 16.5. The van der Waals surface area contributed by atoms with Crippen LogP contribution < -0.4 is 0 Å². The molecule has 2 heterocycles. The van der Waals surface area contributed by atoms with Crippen LogP contribution in [0.1, 0.15) is 39.8 Å². The quantitative estimate of drug-likeness (QED) is 0.777. The summed E-state index contributed by atoms with van der Waals surface area (Å²) in [5, 5.41) is 0.936. The maximum Gasteiger partial charge on any atom is 0.354 e. The van der Waals surface area contributed by atoms with E-state index in [9.17, 15) is 9.59 Å². The molecule has 0 amide bonds. The van der Waals surface area contributed by atoms with E-state index in [1.165, 1.54) is 0 Å². The average Bonchev–Trinajstić information content (AvgIpc) is 2.73. The molecular formula is C15H15NO3. The lowest BCUT2D eigenvalue weighted by molar-refractivity contribution is 0.0513. The van der Waals surface area contributed by atoms with Crippen molar-refractivity contribution in [3.63, 3.8) is 0 Å². The fraction of sp³-hybridized carbons (Fsp3) is 0.333. The molecule has 0 aliphatic carbocycles. The smallest absolute Gasteiger partial charge is 0.354 e. The van der Waals surface area contributed by atoms with Gasteiger partial charge in [-0.05, 0) is 37.6 Å². The summed E-state index contributed by atoms with van der Waals surface area (Å²) in [5.74, 6) is -0.175. The van der Waals surface area contributed by atoms with Crippen molar-refractivity contribution in [1.82, 2.24) is 4.57 Å². The summed E-state index contributed by atoms with van der Waals surface area (Å²) in [7, 11) is 0. The molecule has 1 aliphatic heterocycles. The summed E-state index contributed by atoms with van der Waals surface area (Å²) in [6.45, 7) is 4.65. The molecule has 0 spiro atoms. The molecule has 4 nitrogen and oxygen atoms in total. The predicted octanol–water partition coefficient (Wildman–Crippen LogP) is 2.71. The van der Waals surface area contributed by atoms with Crippen LogP contribution in [0.5, 0.6) is 0 Å². The van der Waals surface area contributed by atoms with Crippen LogP contribution in [0.4, 0.5) is 0 Å². The average molecular weight is 257 g/mol. The van der Waals surface area contributed by atoms with E-state index in [0.717, 1.165) is 22.0 Å². The number of carbonyl (C=O) groups is 2. The van der Waals surface area contributed by atoms with Gasteiger partial charge in [0.15, 0.2) is 5.78 Å². The van der Waals surface area contributed by atoms with Crippen molar-refractivity contribution >= 4 is 22.7 Å². The molecule has 3 rings (SSSR count). The van der Waals surface area contributed by atoms with Crippen LogP contribution in [0.2, 0.25) is 0 Å². The standard InChI is InChI=1S/C15H15NO3/c1-3-19-15(18)12-8-10-6-9(2)7-11-13(17)4-5-16(12)14(10)11/h6-8H,3-5H2,1-2H3. The maximum absolute atomic E-state index is 12.0. The van der Waals surface area contributed by atoms with Gasteiger partial charge in [0.1, 0.15) is 5.69 Å². The second kappa shape index (κ2) is 4.23. The molecule has 1 aliphatic rings. The Kier molecular flexibility index (Phi) is 2.66. The molecule has 0 bridgehead atoms. The number of ether oxygens (including phenoxy) is 1. The van der Waals surface area contributed by atoms with Crippen molar-refractivity contribution in [3.05, 3.63) is 35.0 Å². The van der Waals surface area contributed by atoms with Crippen LogP contribution in [0.15, 0.2) is 18.2 Å². The van der Waals surface area contributed by atoms with Crippen molar-refractivity contribution < 1.29 is 14.3 Å². The minimum Gasteiger partial charge on any atom is -0.461 e. The largest absolute Gasteiger partial charge is 0.461 e. The van der Waals surface area contributed by atoms with E-state index in [2.05, 4.69) is 0 Å². The molecule has 0 atom stereocenters. The fourth-order valence-corrected chi connectivity index (χ4v) is 2.73. The minimum atomic E-state index is -0.323. The molecule has 0 radical (unpaired) electrons. The number of nitrogens with zero attached hydrogens (tertiary/aromatic N) is 1. The number of carbonyl (C=O) groups excluding carboxylic acids is 2. The topological polar surface area (TPSA) is 48.3 Å². The zero-order valence-electron chi connectivity index (χ0n) is 11.0. The van der Waals surface area contributed by atoms with Crippen molar-refractivity contribution in [3.8, 4) is 0 Å². The zero-order chi connectivity index (χ0) is 13.6.